The van der Waals surface area contributed by atoms with Crippen molar-refractivity contribution in [1.29, 1.82) is 0 Å². The number of carbonyl (C=O) groups is 2. The van der Waals surface area contributed by atoms with Crippen LogP contribution in [-0.2, 0) is 15.1 Å². The number of hydrogen-bond acceptors (Lipinski definition) is 4. The van der Waals surface area contributed by atoms with Crippen molar-refractivity contribution in [2.75, 3.05) is 0 Å². The average molecular weight is 255 g/mol. The first-order chi connectivity index (χ1) is 8.32. The Hall–Kier alpha value is -1.82. The van der Waals surface area contributed by atoms with Crippen LogP contribution >= 0.6 is 0 Å². The predicted molar refractivity (Wildman–Crippen MR) is 62.7 cm³/mol. The summed E-state index contributed by atoms with van der Waals surface area (Å²) in [5, 5.41) is 21.5. The highest BCUT2D eigenvalue weighted by atomic mass is 16.4. The molecule has 3 N–H and O–H groups in total. The molecule has 0 aromatic carbocycles. The summed E-state index contributed by atoms with van der Waals surface area (Å²) in [5.41, 5.74) is -1.48. The normalized spacial score (nSPS) is 16.1. The number of aliphatic carboxylic acids is 1. The highest BCUT2D eigenvalue weighted by molar-refractivity contribution is 5.79. The van der Waals surface area contributed by atoms with Crippen LogP contribution in [0.4, 0.5) is 0 Å². The molecule has 1 rings (SSSR count). The minimum atomic E-state index is -1.80. The van der Waals surface area contributed by atoms with E-state index in [1.165, 1.54) is 19.3 Å². The van der Waals surface area contributed by atoms with Gasteiger partial charge in [-0.2, -0.15) is 0 Å². The van der Waals surface area contributed by atoms with Crippen LogP contribution in [0.25, 0.3) is 0 Å². The number of furan rings is 1. The van der Waals surface area contributed by atoms with Gasteiger partial charge in [0.25, 0.3) is 0 Å². The van der Waals surface area contributed by atoms with Crippen LogP contribution in [0.3, 0.4) is 0 Å². The van der Waals surface area contributed by atoms with Gasteiger partial charge in [0.15, 0.2) is 6.10 Å². The van der Waals surface area contributed by atoms with Crippen molar-refractivity contribution in [2.24, 2.45) is 5.92 Å². The van der Waals surface area contributed by atoms with E-state index in [1.54, 1.807) is 19.9 Å². The zero-order valence-corrected chi connectivity index (χ0v) is 10.5. The van der Waals surface area contributed by atoms with Gasteiger partial charge >= 0.3 is 5.97 Å². The highest BCUT2D eigenvalue weighted by Crippen LogP contribution is 2.34. The molecule has 0 aliphatic rings. The molecular formula is C12H17NO5. The minimum Gasteiger partial charge on any atom is -0.479 e. The predicted octanol–water partition coefficient (Wildman–Crippen LogP) is 0.712. The summed E-state index contributed by atoms with van der Waals surface area (Å²) in [6.07, 6.45) is -0.435. The maximum atomic E-state index is 11.3. The molecule has 0 spiro atoms. The second kappa shape index (κ2) is 5.22. The van der Waals surface area contributed by atoms with Crippen molar-refractivity contribution in [3.8, 4) is 0 Å². The van der Waals surface area contributed by atoms with Crippen LogP contribution in [0.15, 0.2) is 22.8 Å². The first-order valence-corrected chi connectivity index (χ1v) is 5.56. The number of aliphatic hydroxyl groups excluding tert-OH is 1. The van der Waals surface area contributed by atoms with E-state index in [1.807, 2.05) is 0 Å². The Morgan fingerprint density at radius 2 is 2.06 bits per heavy atom. The number of carbonyl (C=O) groups excluding carboxylic acids is 1. The summed E-state index contributed by atoms with van der Waals surface area (Å²) in [7, 11) is 0. The molecule has 0 radical (unpaired) electrons. The standard InChI is InChI=1S/C12H17NO5/c1-7(2)12(13-8(3)14,10(15)11(16)17)9-5-4-6-18-9/h4-7,10,15H,1-3H3,(H,13,14)(H,16,17)/t10-,12-/m0/s1. The van der Waals surface area contributed by atoms with E-state index in [2.05, 4.69) is 5.32 Å². The van der Waals surface area contributed by atoms with Gasteiger partial charge in [0.1, 0.15) is 11.3 Å². The largest absolute Gasteiger partial charge is 0.479 e. The molecule has 0 unspecified atom stereocenters. The maximum absolute atomic E-state index is 11.3. The molecule has 1 aromatic rings. The van der Waals surface area contributed by atoms with Crippen molar-refractivity contribution in [1.82, 2.24) is 5.32 Å². The number of carboxylic acid groups (broad SMARTS) is 1. The van der Waals surface area contributed by atoms with Gasteiger partial charge in [-0.05, 0) is 18.1 Å². The van der Waals surface area contributed by atoms with Crippen LogP contribution in [0.2, 0.25) is 0 Å². The molecule has 0 aliphatic carbocycles. The zero-order valence-electron chi connectivity index (χ0n) is 10.5. The Morgan fingerprint density at radius 3 is 2.39 bits per heavy atom. The third kappa shape index (κ3) is 2.38. The van der Waals surface area contributed by atoms with E-state index in [0.29, 0.717) is 0 Å². The Labute approximate surface area is 105 Å². The zero-order chi connectivity index (χ0) is 13.9. The lowest BCUT2D eigenvalue weighted by atomic mass is 9.78. The fourth-order valence-electron chi connectivity index (χ4n) is 2.01. The molecule has 0 fully saturated rings. The SMILES string of the molecule is CC(=O)N[C@](c1ccco1)(C(C)C)[C@@H](O)C(=O)O. The Bertz CT molecular complexity index is 426. The summed E-state index contributed by atoms with van der Waals surface area (Å²) in [6, 6.07) is 3.10. The van der Waals surface area contributed by atoms with Gasteiger partial charge in [0.2, 0.25) is 5.91 Å². The van der Waals surface area contributed by atoms with Crippen LogP contribution in [0.5, 0.6) is 0 Å². The lowest BCUT2D eigenvalue weighted by Gasteiger charge is -2.38. The Morgan fingerprint density at radius 1 is 1.44 bits per heavy atom. The Kier molecular flexibility index (Phi) is 4.13. The van der Waals surface area contributed by atoms with E-state index in [4.69, 9.17) is 9.52 Å². The number of carboxylic acids is 1. The second-order valence-electron chi connectivity index (χ2n) is 4.42. The van der Waals surface area contributed by atoms with Gasteiger partial charge < -0.3 is 19.9 Å². The molecule has 1 amide bonds. The molecule has 100 valence electrons. The summed E-state index contributed by atoms with van der Waals surface area (Å²) in [6.45, 7) is 4.66. The van der Waals surface area contributed by atoms with Crippen LogP contribution in [0.1, 0.15) is 26.5 Å². The summed E-state index contributed by atoms with van der Waals surface area (Å²) >= 11 is 0. The number of hydrogen-bond donors (Lipinski definition) is 3. The van der Waals surface area contributed by atoms with Crippen molar-refractivity contribution in [2.45, 2.75) is 32.4 Å². The van der Waals surface area contributed by atoms with E-state index >= 15 is 0 Å². The smallest absolute Gasteiger partial charge is 0.335 e. The molecular weight excluding hydrogens is 238 g/mol. The van der Waals surface area contributed by atoms with E-state index in [9.17, 15) is 14.7 Å². The van der Waals surface area contributed by atoms with Gasteiger partial charge in [-0.1, -0.05) is 13.8 Å². The van der Waals surface area contributed by atoms with Crippen LogP contribution < -0.4 is 5.32 Å². The van der Waals surface area contributed by atoms with Crippen molar-refractivity contribution in [3.05, 3.63) is 24.2 Å². The first kappa shape index (κ1) is 14.2. The quantitative estimate of drug-likeness (QED) is 0.719. The minimum absolute atomic E-state index is 0.211. The van der Waals surface area contributed by atoms with Crippen molar-refractivity contribution >= 4 is 11.9 Å². The van der Waals surface area contributed by atoms with Crippen molar-refractivity contribution in [3.63, 3.8) is 0 Å². The molecule has 2 atom stereocenters. The molecule has 0 saturated heterocycles. The number of nitrogens with one attached hydrogen (secondary N) is 1. The molecule has 6 nitrogen and oxygen atoms in total. The van der Waals surface area contributed by atoms with Gasteiger partial charge in [0.05, 0.1) is 6.26 Å². The fourth-order valence-corrected chi connectivity index (χ4v) is 2.01. The van der Waals surface area contributed by atoms with Gasteiger partial charge in [-0.3, -0.25) is 4.79 Å². The number of amides is 1. The summed E-state index contributed by atoms with van der Waals surface area (Å²) in [4.78, 5) is 22.4. The highest BCUT2D eigenvalue weighted by Gasteiger charge is 2.49. The molecule has 18 heavy (non-hydrogen) atoms. The first-order valence-electron chi connectivity index (χ1n) is 5.56. The Balaban J connectivity index is 3.36. The molecule has 0 aliphatic heterocycles. The molecule has 1 aromatic heterocycles. The third-order valence-corrected chi connectivity index (χ3v) is 2.89. The molecule has 6 heteroatoms. The third-order valence-electron chi connectivity index (χ3n) is 2.89. The summed E-state index contributed by atoms with van der Waals surface area (Å²) in [5.74, 6) is -2.03. The lowest BCUT2D eigenvalue weighted by molar-refractivity contribution is -0.155. The molecule has 0 bridgehead atoms. The van der Waals surface area contributed by atoms with Gasteiger partial charge in [-0.25, -0.2) is 4.79 Å². The van der Waals surface area contributed by atoms with E-state index < -0.39 is 23.5 Å². The maximum Gasteiger partial charge on any atom is 0.335 e. The van der Waals surface area contributed by atoms with Crippen molar-refractivity contribution < 1.29 is 24.2 Å². The monoisotopic (exact) mass is 255 g/mol. The second-order valence-corrected chi connectivity index (χ2v) is 4.42. The fraction of sp³-hybridized carbons (Fsp3) is 0.500. The average Bonchev–Trinajstić information content (AvgIpc) is 2.77. The van der Waals surface area contributed by atoms with Gasteiger partial charge in [-0.15, -0.1) is 0 Å². The van der Waals surface area contributed by atoms with Crippen LogP contribution in [0, 0.1) is 5.92 Å². The lowest BCUT2D eigenvalue weighted by Crippen LogP contribution is -2.59. The van der Waals surface area contributed by atoms with E-state index in [-0.39, 0.29) is 11.7 Å². The number of rotatable bonds is 5. The van der Waals surface area contributed by atoms with E-state index in [0.717, 1.165) is 0 Å². The number of aliphatic hydroxyl groups is 1. The van der Waals surface area contributed by atoms with Crippen LogP contribution in [-0.4, -0.2) is 28.2 Å². The molecule has 0 saturated carbocycles. The van der Waals surface area contributed by atoms with Gasteiger partial charge in [0, 0.05) is 6.92 Å². The summed E-state index contributed by atoms with van der Waals surface area (Å²) < 4.78 is 5.19. The topological polar surface area (TPSA) is 99.8 Å². The molecule has 1 heterocycles.